The second-order valence-electron chi connectivity index (χ2n) is 4.37. The van der Waals surface area contributed by atoms with Gasteiger partial charge in [-0.1, -0.05) is 13.8 Å². The molecular weight excluding hydrogens is 188 g/mol. The van der Waals surface area contributed by atoms with E-state index in [9.17, 15) is 13.6 Å². The maximum absolute atomic E-state index is 13.0. The van der Waals surface area contributed by atoms with E-state index in [1.807, 2.05) is 13.8 Å². The molecule has 0 aromatic heterocycles. The van der Waals surface area contributed by atoms with Gasteiger partial charge in [-0.05, 0) is 12.3 Å². The van der Waals surface area contributed by atoms with Crippen molar-refractivity contribution in [1.82, 2.24) is 4.90 Å². The lowest BCUT2D eigenvalue weighted by molar-refractivity contribution is -0.142. The minimum Gasteiger partial charge on any atom is -0.337 e. The van der Waals surface area contributed by atoms with Crippen LogP contribution in [0.15, 0.2) is 0 Å². The Kier molecular flexibility index (Phi) is 3.45. The Balaban J connectivity index is 2.48. The molecule has 2 nitrogen and oxygen atoms in total. The van der Waals surface area contributed by atoms with Crippen molar-refractivity contribution in [3.8, 4) is 0 Å². The monoisotopic (exact) mass is 205 g/mol. The van der Waals surface area contributed by atoms with Crippen molar-refractivity contribution < 1.29 is 13.6 Å². The molecule has 14 heavy (non-hydrogen) atoms. The van der Waals surface area contributed by atoms with Gasteiger partial charge >= 0.3 is 0 Å². The van der Waals surface area contributed by atoms with Gasteiger partial charge in [0.2, 0.25) is 5.91 Å². The number of piperidine rings is 1. The fourth-order valence-corrected chi connectivity index (χ4v) is 1.66. The summed E-state index contributed by atoms with van der Waals surface area (Å²) in [7, 11) is 0. The first-order valence-corrected chi connectivity index (χ1v) is 5.06. The van der Waals surface area contributed by atoms with Gasteiger partial charge < -0.3 is 4.90 Å². The summed E-state index contributed by atoms with van der Waals surface area (Å²) >= 11 is 0. The zero-order valence-electron chi connectivity index (χ0n) is 8.72. The molecule has 1 heterocycles. The van der Waals surface area contributed by atoms with Crippen molar-refractivity contribution in [1.29, 1.82) is 0 Å². The molecular formula is C10H17F2NO. The average Bonchev–Trinajstić information content (AvgIpc) is 2.01. The molecule has 1 fully saturated rings. The largest absolute Gasteiger partial charge is 0.337 e. The molecule has 1 aliphatic heterocycles. The van der Waals surface area contributed by atoms with Crippen molar-refractivity contribution in [2.45, 2.75) is 39.0 Å². The molecule has 4 heteroatoms. The first-order chi connectivity index (χ1) is 6.41. The number of carbonyl (C=O) groups excluding carboxylic acids is 1. The van der Waals surface area contributed by atoms with E-state index >= 15 is 0 Å². The molecule has 0 atom stereocenters. The Bertz CT molecular complexity index is 216. The van der Waals surface area contributed by atoms with Crippen molar-refractivity contribution in [3.05, 3.63) is 0 Å². The second kappa shape index (κ2) is 4.24. The van der Waals surface area contributed by atoms with Crippen LogP contribution in [0.2, 0.25) is 0 Å². The maximum Gasteiger partial charge on any atom is 0.265 e. The van der Waals surface area contributed by atoms with Crippen LogP contribution in [0.3, 0.4) is 0 Å². The average molecular weight is 205 g/mol. The first kappa shape index (κ1) is 11.4. The van der Waals surface area contributed by atoms with Gasteiger partial charge in [-0.3, -0.25) is 4.79 Å². The SMILES string of the molecule is CC(C)CC(=O)N1CCCC(F)(F)C1. The van der Waals surface area contributed by atoms with Gasteiger partial charge in [0.15, 0.2) is 0 Å². The van der Waals surface area contributed by atoms with Crippen molar-refractivity contribution in [3.63, 3.8) is 0 Å². The Labute approximate surface area is 83.3 Å². The van der Waals surface area contributed by atoms with E-state index in [0.29, 0.717) is 19.4 Å². The maximum atomic E-state index is 13.0. The fourth-order valence-electron chi connectivity index (χ4n) is 1.66. The summed E-state index contributed by atoms with van der Waals surface area (Å²) in [5.74, 6) is -2.58. The summed E-state index contributed by atoms with van der Waals surface area (Å²) < 4.78 is 25.9. The van der Waals surface area contributed by atoms with Crippen LogP contribution >= 0.6 is 0 Å². The van der Waals surface area contributed by atoms with Gasteiger partial charge in [0.25, 0.3) is 5.92 Å². The molecule has 0 saturated carbocycles. The Morgan fingerprint density at radius 2 is 2.14 bits per heavy atom. The highest BCUT2D eigenvalue weighted by Gasteiger charge is 2.36. The molecule has 1 rings (SSSR count). The fraction of sp³-hybridized carbons (Fsp3) is 0.900. The number of rotatable bonds is 2. The van der Waals surface area contributed by atoms with Crippen molar-refractivity contribution in [2.75, 3.05) is 13.1 Å². The Morgan fingerprint density at radius 3 is 2.64 bits per heavy atom. The van der Waals surface area contributed by atoms with E-state index in [1.54, 1.807) is 0 Å². The quantitative estimate of drug-likeness (QED) is 0.677. The number of halogens is 2. The summed E-state index contributed by atoms with van der Waals surface area (Å²) in [4.78, 5) is 12.8. The second-order valence-corrected chi connectivity index (χ2v) is 4.37. The number of alkyl halides is 2. The van der Waals surface area contributed by atoms with Crippen LogP contribution in [0.4, 0.5) is 8.78 Å². The normalized spacial score (nSPS) is 21.4. The van der Waals surface area contributed by atoms with Gasteiger partial charge in [0, 0.05) is 19.4 Å². The lowest BCUT2D eigenvalue weighted by Crippen LogP contribution is -2.45. The van der Waals surface area contributed by atoms with E-state index in [4.69, 9.17) is 0 Å². The number of nitrogens with zero attached hydrogens (tertiary/aromatic N) is 1. The van der Waals surface area contributed by atoms with Crippen LogP contribution in [0.5, 0.6) is 0 Å². The minimum absolute atomic E-state index is 0.0849. The van der Waals surface area contributed by atoms with E-state index in [0.717, 1.165) is 0 Å². The molecule has 0 aromatic carbocycles. The Morgan fingerprint density at radius 1 is 1.50 bits per heavy atom. The summed E-state index contributed by atoms with van der Waals surface area (Å²) in [6.07, 6.45) is 0.700. The van der Waals surface area contributed by atoms with Crippen LogP contribution in [0, 0.1) is 5.92 Å². The number of carbonyl (C=O) groups is 1. The molecule has 0 aliphatic carbocycles. The molecule has 1 amide bonds. The van der Waals surface area contributed by atoms with Gasteiger partial charge in [-0.15, -0.1) is 0 Å². The zero-order chi connectivity index (χ0) is 10.8. The standard InChI is InChI=1S/C10H17F2NO/c1-8(2)6-9(14)13-5-3-4-10(11,12)7-13/h8H,3-7H2,1-2H3. The molecule has 0 spiro atoms. The number of hydrogen-bond acceptors (Lipinski definition) is 1. The molecule has 1 aliphatic rings. The van der Waals surface area contributed by atoms with E-state index in [1.165, 1.54) is 4.90 Å². The van der Waals surface area contributed by atoms with Crippen LogP contribution in [-0.4, -0.2) is 29.8 Å². The molecule has 1 saturated heterocycles. The number of amides is 1. The summed E-state index contributed by atoms with van der Waals surface area (Å²) in [5.41, 5.74) is 0. The van der Waals surface area contributed by atoms with Gasteiger partial charge in [0.1, 0.15) is 0 Å². The number of hydrogen-bond donors (Lipinski definition) is 0. The van der Waals surface area contributed by atoms with Crippen LogP contribution in [-0.2, 0) is 4.79 Å². The minimum atomic E-state index is -2.68. The summed E-state index contributed by atoms with van der Waals surface area (Å²) in [5, 5.41) is 0. The van der Waals surface area contributed by atoms with E-state index in [-0.39, 0.29) is 18.2 Å². The highest BCUT2D eigenvalue weighted by Crippen LogP contribution is 2.27. The third-order valence-corrected chi connectivity index (χ3v) is 2.33. The molecule has 0 bridgehead atoms. The third kappa shape index (κ3) is 3.24. The lowest BCUT2D eigenvalue weighted by Gasteiger charge is -2.32. The van der Waals surface area contributed by atoms with Crippen LogP contribution < -0.4 is 0 Å². The highest BCUT2D eigenvalue weighted by atomic mass is 19.3. The van der Waals surface area contributed by atoms with Crippen molar-refractivity contribution >= 4 is 5.91 Å². The molecule has 0 N–H and O–H groups in total. The van der Waals surface area contributed by atoms with E-state index < -0.39 is 12.5 Å². The highest BCUT2D eigenvalue weighted by molar-refractivity contribution is 5.76. The lowest BCUT2D eigenvalue weighted by atomic mass is 10.0. The van der Waals surface area contributed by atoms with Crippen molar-refractivity contribution in [2.24, 2.45) is 5.92 Å². The summed E-state index contributed by atoms with van der Waals surface area (Å²) in [6, 6.07) is 0. The molecule has 0 aromatic rings. The van der Waals surface area contributed by atoms with Gasteiger partial charge in [-0.2, -0.15) is 0 Å². The smallest absolute Gasteiger partial charge is 0.265 e. The topological polar surface area (TPSA) is 20.3 Å². The predicted octanol–water partition coefficient (Wildman–Crippen LogP) is 2.29. The molecule has 0 unspecified atom stereocenters. The summed E-state index contributed by atoms with van der Waals surface area (Å²) in [6.45, 7) is 3.93. The molecule has 82 valence electrons. The van der Waals surface area contributed by atoms with Crippen LogP contribution in [0.1, 0.15) is 33.1 Å². The Hall–Kier alpha value is -0.670. The van der Waals surface area contributed by atoms with E-state index in [2.05, 4.69) is 0 Å². The van der Waals surface area contributed by atoms with Crippen LogP contribution in [0.25, 0.3) is 0 Å². The first-order valence-electron chi connectivity index (χ1n) is 5.06. The molecule has 0 radical (unpaired) electrons. The third-order valence-electron chi connectivity index (χ3n) is 2.33. The number of likely N-dealkylation sites (tertiary alicyclic amines) is 1. The predicted molar refractivity (Wildman–Crippen MR) is 50.2 cm³/mol. The van der Waals surface area contributed by atoms with Gasteiger partial charge in [-0.25, -0.2) is 8.78 Å². The zero-order valence-corrected chi connectivity index (χ0v) is 8.72. The van der Waals surface area contributed by atoms with Gasteiger partial charge in [0.05, 0.1) is 6.54 Å².